The van der Waals surface area contributed by atoms with Gasteiger partial charge in [0.25, 0.3) is 0 Å². The van der Waals surface area contributed by atoms with Crippen LogP contribution in [-0.2, 0) is 18.9 Å². The van der Waals surface area contributed by atoms with Gasteiger partial charge < -0.3 is 19.7 Å². The lowest BCUT2D eigenvalue weighted by atomic mass is 10.3. The molecule has 2 N–H and O–H groups in total. The van der Waals surface area contributed by atoms with E-state index >= 15 is 0 Å². The molecule has 0 spiro atoms. The maximum Gasteiger partial charge on any atom is 0.354 e. The number of amides is 1. The zero-order chi connectivity index (χ0) is 12.6. The summed E-state index contributed by atoms with van der Waals surface area (Å²) in [6, 6.07) is 0. The van der Waals surface area contributed by atoms with Crippen LogP contribution in [0.5, 0.6) is 0 Å². The first-order chi connectivity index (χ1) is 7.54. The van der Waals surface area contributed by atoms with Gasteiger partial charge in [0.1, 0.15) is 13.5 Å². The van der Waals surface area contributed by atoms with Crippen LogP contribution in [0, 0.1) is 0 Å². The third kappa shape index (κ3) is 5.68. The average molecular weight is 249 g/mol. The number of aliphatic hydroxyl groups is 1. The first-order valence-corrected chi connectivity index (χ1v) is 6.58. The topological polar surface area (TPSA) is 92.7 Å². The van der Waals surface area contributed by atoms with Crippen molar-refractivity contribution in [3.05, 3.63) is 11.8 Å². The van der Waals surface area contributed by atoms with Gasteiger partial charge in [0.2, 0.25) is 5.91 Å². The number of hydrogen-bond acceptors (Lipinski definition) is 5. The van der Waals surface area contributed by atoms with E-state index in [1.807, 2.05) is 0 Å². The molecule has 7 heteroatoms. The van der Waals surface area contributed by atoms with Crippen LogP contribution >= 0.6 is 7.80 Å². The number of hydrogen-bond donors (Lipinski definition) is 2. The Balaban J connectivity index is 4.59. The third-order valence-corrected chi connectivity index (χ3v) is 2.72. The smallest absolute Gasteiger partial charge is 0.354 e. The highest BCUT2D eigenvalue weighted by molar-refractivity contribution is 7.44. The molecule has 0 heterocycles. The molecule has 0 rings (SSSR count). The SMILES string of the molecule is CCC(=O)N/C(=C\C[PH](=O)CO)C(=O)OC. The highest BCUT2D eigenvalue weighted by atomic mass is 31.1. The average Bonchev–Trinajstić information content (AvgIpc) is 2.32. The van der Waals surface area contributed by atoms with Gasteiger partial charge in [-0.1, -0.05) is 6.92 Å². The molecule has 16 heavy (non-hydrogen) atoms. The molecule has 0 fully saturated rings. The van der Waals surface area contributed by atoms with Crippen molar-refractivity contribution in [2.24, 2.45) is 0 Å². The highest BCUT2D eigenvalue weighted by Crippen LogP contribution is 2.18. The first-order valence-electron chi connectivity index (χ1n) is 4.76. The third-order valence-electron chi connectivity index (χ3n) is 1.71. The summed E-state index contributed by atoms with van der Waals surface area (Å²) in [6.07, 6.45) is 1.16. The molecule has 0 saturated heterocycles. The number of nitrogens with one attached hydrogen (secondary N) is 1. The van der Waals surface area contributed by atoms with E-state index in [4.69, 9.17) is 5.11 Å². The van der Waals surface area contributed by atoms with Crippen LogP contribution in [0.3, 0.4) is 0 Å². The quantitative estimate of drug-likeness (QED) is 0.395. The largest absolute Gasteiger partial charge is 0.464 e. The summed E-state index contributed by atoms with van der Waals surface area (Å²) in [6.45, 7) is 1.64. The predicted octanol–water partition coefficient (Wildman–Crippen LogP) is 0.0790. The second kappa shape index (κ2) is 8.07. The summed E-state index contributed by atoms with van der Waals surface area (Å²) >= 11 is 0. The zero-order valence-corrected chi connectivity index (χ0v) is 10.3. The Morgan fingerprint density at radius 2 is 2.12 bits per heavy atom. The second-order valence-electron chi connectivity index (χ2n) is 2.91. The summed E-state index contributed by atoms with van der Waals surface area (Å²) in [5.74, 6) is -1.03. The molecule has 0 aromatic carbocycles. The van der Waals surface area contributed by atoms with E-state index in [-0.39, 0.29) is 24.2 Å². The zero-order valence-electron chi connectivity index (χ0n) is 9.28. The molecular weight excluding hydrogens is 233 g/mol. The molecule has 0 bridgehead atoms. The van der Waals surface area contributed by atoms with Crippen LogP contribution in [0.15, 0.2) is 11.8 Å². The van der Waals surface area contributed by atoms with Gasteiger partial charge >= 0.3 is 5.97 Å². The van der Waals surface area contributed by atoms with Crippen LogP contribution in [0.2, 0.25) is 0 Å². The Morgan fingerprint density at radius 3 is 2.56 bits per heavy atom. The Labute approximate surface area is 94.5 Å². The van der Waals surface area contributed by atoms with E-state index < -0.39 is 20.1 Å². The van der Waals surface area contributed by atoms with E-state index in [1.54, 1.807) is 6.92 Å². The van der Waals surface area contributed by atoms with Crippen molar-refractivity contribution >= 4 is 19.7 Å². The fraction of sp³-hybridized carbons (Fsp3) is 0.556. The molecule has 0 aromatic rings. The standard InChI is InChI=1S/C9H16NO5P/c1-3-8(12)10-7(9(13)15-2)4-5-16(14)6-11/h4,11,16H,3,5-6H2,1-2H3,(H,10,12)/b7-4-. The minimum Gasteiger partial charge on any atom is -0.464 e. The highest BCUT2D eigenvalue weighted by Gasteiger charge is 2.12. The van der Waals surface area contributed by atoms with Gasteiger partial charge in [-0.15, -0.1) is 0 Å². The summed E-state index contributed by atoms with van der Waals surface area (Å²) in [5.41, 5.74) is -0.0406. The number of aliphatic hydroxyl groups excluding tert-OH is 1. The van der Waals surface area contributed by atoms with Crippen molar-refractivity contribution in [3.8, 4) is 0 Å². The Bertz CT molecular complexity index is 313. The summed E-state index contributed by atoms with van der Waals surface area (Å²) in [4.78, 5) is 22.3. The molecule has 0 aromatic heterocycles. The van der Waals surface area contributed by atoms with Gasteiger partial charge in [0.05, 0.1) is 13.5 Å². The van der Waals surface area contributed by atoms with Gasteiger partial charge in [-0.3, -0.25) is 4.79 Å². The van der Waals surface area contributed by atoms with Crippen molar-refractivity contribution in [3.63, 3.8) is 0 Å². The molecule has 0 saturated carbocycles. The monoisotopic (exact) mass is 249 g/mol. The molecular formula is C9H16NO5P. The maximum atomic E-state index is 11.2. The van der Waals surface area contributed by atoms with Crippen molar-refractivity contribution in [2.75, 3.05) is 19.6 Å². The molecule has 1 amide bonds. The van der Waals surface area contributed by atoms with Crippen LogP contribution < -0.4 is 5.32 Å². The lowest BCUT2D eigenvalue weighted by molar-refractivity contribution is -0.137. The van der Waals surface area contributed by atoms with Gasteiger partial charge in [0, 0.05) is 12.6 Å². The fourth-order valence-electron chi connectivity index (χ4n) is 0.814. The summed E-state index contributed by atoms with van der Waals surface area (Å²) in [7, 11) is -0.953. The predicted molar refractivity (Wildman–Crippen MR) is 59.5 cm³/mol. The molecule has 0 aliphatic heterocycles. The van der Waals surface area contributed by atoms with Crippen LogP contribution in [-0.4, -0.2) is 36.6 Å². The van der Waals surface area contributed by atoms with Gasteiger partial charge in [-0.25, -0.2) is 4.79 Å². The van der Waals surface area contributed by atoms with Gasteiger partial charge in [0.15, 0.2) is 0 Å². The van der Waals surface area contributed by atoms with Crippen molar-refractivity contribution < 1.29 is 24.0 Å². The number of carbonyl (C=O) groups excluding carboxylic acids is 2. The molecule has 1 atom stereocenters. The van der Waals surface area contributed by atoms with Crippen molar-refractivity contribution in [2.45, 2.75) is 13.3 Å². The van der Waals surface area contributed by atoms with Crippen molar-refractivity contribution in [1.29, 1.82) is 0 Å². The first kappa shape index (κ1) is 14.9. The number of ether oxygens (including phenoxy) is 1. The number of rotatable bonds is 6. The molecule has 0 radical (unpaired) electrons. The molecule has 6 nitrogen and oxygen atoms in total. The minimum atomic E-state index is -2.14. The lowest BCUT2D eigenvalue weighted by Gasteiger charge is -2.06. The molecule has 1 unspecified atom stereocenters. The van der Waals surface area contributed by atoms with Gasteiger partial charge in [-0.05, 0) is 6.08 Å². The number of methoxy groups -OCH3 is 1. The van der Waals surface area contributed by atoms with Gasteiger partial charge in [-0.2, -0.15) is 0 Å². The number of allylic oxidation sites excluding steroid dienone is 1. The van der Waals surface area contributed by atoms with Crippen LogP contribution in [0.25, 0.3) is 0 Å². The van der Waals surface area contributed by atoms with Crippen molar-refractivity contribution in [1.82, 2.24) is 5.32 Å². The molecule has 92 valence electrons. The van der Waals surface area contributed by atoms with Crippen LogP contribution in [0.1, 0.15) is 13.3 Å². The maximum absolute atomic E-state index is 11.2. The molecule has 0 aliphatic rings. The normalized spacial score (nSPS) is 13.1. The Morgan fingerprint density at radius 1 is 1.50 bits per heavy atom. The van der Waals surface area contributed by atoms with E-state index in [1.165, 1.54) is 13.2 Å². The Hall–Kier alpha value is -1.13. The Kier molecular flexibility index (Phi) is 7.50. The van der Waals surface area contributed by atoms with E-state index in [0.29, 0.717) is 0 Å². The summed E-state index contributed by atoms with van der Waals surface area (Å²) < 4.78 is 15.5. The number of carbonyl (C=O) groups is 2. The summed E-state index contributed by atoms with van der Waals surface area (Å²) in [5, 5.41) is 10.9. The number of esters is 1. The van der Waals surface area contributed by atoms with E-state index in [2.05, 4.69) is 10.1 Å². The second-order valence-corrected chi connectivity index (χ2v) is 4.71. The minimum absolute atomic E-state index is 0.0406. The van der Waals surface area contributed by atoms with E-state index in [0.717, 1.165) is 0 Å². The molecule has 0 aliphatic carbocycles. The van der Waals surface area contributed by atoms with Crippen LogP contribution in [0.4, 0.5) is 0 Å². The lowest BCUT2D eigenvalue weighted by Crippen LogP contribution is -2.27. The van der Waals surface area contributed by atoms with E-state index in [9.17, 15) is 14.2 Å². The fourth-order valence-corrected chi connectivity index (χ4v) is 1.38.